The van der Waals surface area contributed by atoms with Crippen molar-refractivity contribution < 1.29 is 19.4 Å². The van der Waals surface area contributed by atoms with E-state index in [0.29, 0.717) is 26.3 Å². The number of fused-ring (bicyclic) bond motifs is 1. The Morgan fingerprint density at radius 3 is 2.77 bits per heavy atom. The van der Waals surface area contributed by atoms with Crippen LogP contribution in [-0.4, -0.2) is 48.3 Å². The molecule has 2 aliphatic heterocycles. The summed E-state index contributed by atoms with van der Waals surface area (Å²) in [6, 6.07) is 16.6. The van der Waals surface area contributed by atoms with E-state index in [4.69, 9.17) is 14.6 Å². The van der Waals surface area contributed by atoms with Crippen molar-refractivity contribution in [3.8, 4) is 11.5 Å². The molecular weight excluding hydrogens is 330 g/mol. The van der Waals surface area contributed by atoms with E-state index in [1.165, 1.54) is 5.56 Å². The molecule has 5 heteroatoms. The lowest BCUT2D eigenvalue weighted by Gasteiger charge is -2.43. The number of carbonyl (C=O) groups is 1. The Kier molecular flexibility index (Phi) is 4.80. The molecule has 0 bridgehead atoms. The third kappa shape index (κ3) is 3.68. The Balaban J connectivity index is 1.30. The molecule has 0 spiro atoms. The summed E-state index contributed by atoms with van der Waals surface area (Å²) in [6.07, 6.45) is 1.77. The monoisotopic (exact) mass is 353 g/mol. The molecule has 4 rings (SSSR count). The van der Waals surface area contributed by atoms with Crippen molar-refractivity contribution in [1.29, 1.82) is 0 Å². The Labute approximate surface area is 153 Å². The van der Waals surface area contributed by atoms with Gasteiger partial charge in [0.25, 0.3) is 0 Å². The first-order valence-electron chi connectivity index (χ1n) is 9.08. The van der Waals surface area contributed by atoms with Gasteiger partial charge in [-0.05, 0) is 23.6 Å². The number of ether oxygens (including phenoxy) is 2. The Hall–Kier alpha value is -2.53. The number of hydrogen-bond donors (Lipinski definition) is 1. The molecule has 1 unspecified atom stereocenters. The van der Waals surface area contributed by atoms with Crippen LogP contribution < -0.4 is 9.47 Å². The van der Waals surface area contributed by atoms with Crippen LogP contribution in [0.1, 0.15) is 11.1 Å². The molecule has 1 fully saturated rings. The van der Waals surface area contributed by atoms with Gasteiger partial charge in [-0.25, -0.2) is 0 Å². The lowest BCUT2D eigenvalue weighted by molar-refractivity contribution is -0.149. The van der Waals surface area contributed by atoms with Crippen LogP contribution in [0.3, 0.4) is 0 Å². The van der Waals surface area contributed by atoms with E-state index >= 15 is 0 Å². The van der Waals surface area contributed by atoms with E-state index in [9.17, 15) is 4.79 Å². The first-order chi connectivity index (χ1) is 12.7. The maximum atomic E-state index is 11.0. The second-order valence-electron chi connectivity index (χ2n) is 7.01. The highest BCUT2D eigenvalue weighted by Crippen LogP contribution is 2.32. The summed E-state index contributed by atoms with van der Waals surface area (Å²) in [5.74, 6) is 0.786. The van der Waals surface area contributed by atoms with Crippen molar-refractivity contribution in [3.05, 3.63) is 59.7 Å². The van der Waals surface area contributed by atoms with Crippen LogP contribution in [0.4, 0.5) is 0 Å². The SMILES string of the molecule is O=C(O)C1CN(C2COc3cc(OCCc4ccccc4)ccc3C2)C1. The number of aliphatic carboxylic acids is 1. The molecule has 26 heavy (non-hydrogen) atoms. The first-order valence-corrected chi connectivity index (χ1v) is 9.08. The van der Waals surface area contributed by atoms with Gasteiger partial charge in [-0.15, -0.1) is 0 Å². The number of likely N-dealkylation sites (tertiary alicyclic amines) is 1. The standard InChI is InChI=1S/C21H23NO4/c23-21(24)17-12-22(13-17)18-10-16-6-7-19(11-20(16)26-14-18)25-9-8-15-4-2-1-3-5-15/h1-7,11,17-18H,8-10,12-14H2,(H,23,24). The summed E-state index contributed by atoms with van der Waals surface area (Å²) in [5.41, 5.74) is 2.43. The molecular formula is C21H23NO4. The van der Waals surface area contributed by atoms with Crippen LogP contribution >= 0.6 is 0 Å². The van der Waals surface area contributed by atoms with E-state index in [0.717, 1.165) is 29.9 Å². The number of nitrogens with zero attached hydrogens (tertiary/aromatic N) is 1. The van der Waals surface area contributed by atoms with Gasteiger partial charge in [0, 0.05) is 31.6 Å². The molecule has 2 aromatic carbocycles. The molecule has 1 N–H and O–H groups in total. The number of rotatable bonds is 6. The molecule has 0 aliphatic carbocycles. The molecule has 1 saturated heterocycles. The quantitative estimate of drug-likeness (QED) is 0.865. The largest absolute Gasteiger partial charge is 0.493 e. The second kappa shape index (κ2) is 7.38. The smallest absolute Gasteiger partial charge is 0.309 e. The van der Waals surface area contributed by atoms with Crippen molar-refractivity contribution in [2.24, 2.45) is 5.92 Å². The van der Waals surface area contributed by atoms with E-state index < -0.39 is 5.97 Å². The highest BCUT2D eigenvalue weighted by atomic mass is 16.5. The predicted molar refractivity (Wildman–Crippen MR) is 97.8 cm³/mol. The summed E-state index contributed by atoms with van der Waals surface area (Å²) in [6.45, 7) is 2.49. The van der Waals surface area contributed by atoms with Gasteiger partial charge in [0.15, 0.2) is 0 Å². The van der Waals surface area contributed by atoms with Crippen molar-refractivity contribution in [2.75, 3.05) is 26.3 Å². The van der Waals surface area contributed by atoms with Crippen LogP contribution in [0.5, 0.6) is 11.5 Å². The fraction of sp³-hybridized carbons (Fsp3) is 0.381. The number of hydrogen-bond acceptors (Lipinski definition) is 4. The van der Waals surface area contributed by atoms with E-state index in [1.54, 1.807) is 0 Å². The minimum absolute atomic E-state index is 0.225. The third-order valence-corrected chi connectivity index (χ3v) is 5.20. The van der Waals surface area contributed by atoms with Gasteiger partial charge < -0.3 is 14.6 Å². The molecule has 2 heterocycles. The molecule has 2 aliphatic rings. The van der Waals surface area contributed by atoms with Gasteiger partial charge in [-0.2, -0.15) is 0 Å². The molecule has 0 saturated carbocycles. The van der Waals surface area contributed by atoms with Crippen LogP contribution in [0, 0.1) is 5.92 Å². The number of benzene rings is 2. The van der Waals surface area contributed by atoms with Crippen molar-refractivity contribution in [1.82, 2.24) is 4.90 Å². The normalized spacial score (nSPS) is 19.9. The van der Waals surface area contributed by atoms with Gasteiger partial charge in [0.1, 0.15) is 18.1 Å². The lowest BCUT2D eigenvalue weighted by atomic mass is 9.93. The van der Waals surface area contributed by atoms with E-state index in [-0.39, 0.29) is 12.0 Å². The molecule has 2 aromatic rings. The Morgan fingerprint density at radius 2 is 2.00 bits per heavy atom. The molecule has 5 nitrogen and oxygen atoms in total. The van der Waals surface area contributed by atoms with Crippen LogP contribution in [-0.2, 0) is 17.6 Å². The van der Waals surface area contributed by atoms with E-state index in [2.05, 4.69) is 23.1 Å². The number of carboxylic acids is 1. The fourth-order valence-electron chi connectivity index (χ4n) is 3.56. The molecule has 0 radical (unpaired) electrons. The van der Waals surface area contributed by atoms with Crippen LogP contribution in [0.2, 0.25) is 0 Å². The topological polar surface area (TPSA) is 59.0 Å². The average Bonchev–Trinajstić information content (AvgIpc) is 2.61. The Bertz CT molecular complexity index is 771. The third-order valence-electron chi connectivity index (χ3n) is 5.20. The van der Waals surface area contributed by atoms with Crippen LogP contribution in [0.15, 0.2) is 48.5 Å². The van der Waals surface area contributed by atoms with Crippen molar-refractivity contribution in [3.63, 3.8) is 0 Å². The summed E-state index contributed by atoms with van der Waals surface area (Å²) >= 11 is 0. The van der Waals surface area contributed by atoms with Crippen molar-refractivity contribution in [2.45, 2.75) is 18.9 Å². The van der Waals surface area contributed by atoms with Gasteiger partial charge in [-0.1, -0.05) is 36.4 Å². The summed E-state index contributed by atoms with van der Waals surface area (Å²) in [7, 11) is 0. The van der Waals surface area contributed by atoms with Gasteiger partial charge >= 0.3 is 5.97 Å². The summed E-state index contributed by atoms with van der Waals surface area (Å²) in [5, 5.41) is 9.01. The Morgan fingerprint density at radius 1 is 1.19 bits per heavy atom. The lowest BCUT2D eigenvalue weighted by Crippen LogP contribution is -2.57. The first kappa shape index (κ1) is 16.9. The van der Waals surface area contributed by atoms with E-state index in [1.807, 2.05) is 30.3 Å². The average molecular weight is 353 g/mol. The zero-order valence-corrected chi connectivity index (χ0v) is 14.6. The minimum Gasteiger partial charge on any atom is -0.493 e. The highest BCUT2D eigenvalue weighted by Gasteiger charge is 2.38. The summed E-state index contributed by atoms with van der Waals surface area (Å²) < 4.78 is 11.8. The highest BCUT2D eigenvalue weighted by molar-refractivity contribution is 5.71. The molecule has 1 atom stereocenters. The summed E-state index contributed by atoms with van der Waals surface area (Å²) in [4.78, 5) is 13.2. The zero-order chi connectivity index (χ0) is 17.9. The molecule has 0 amide bonds. The fourth-order valence-corrected chi connectivity index (χ4v) is 3.56. The van der Waals surface area contributed by atoms with Crippen molar-refractivity contribution >= 4 is 5.97 Å². The van der Waals surface area contributed by atoms with Gasteiger partial charge in [0.05, 0.1) is 12.5 Å². The van der Waals surface area contributed by atoms with Gasteiger partial charge in [-0.3, -0.25) is 9.69 Å². The molecule has 136 valence electrons. The van der Waals surface area contributed by atoms with Gasteiger partial charge in [0.2, 0.25) is 0 Å². The second-order valence-corrected chi connectivity index (χ2v) is 7.01. The molecule has 0 aromatic heterocycles. The minimum atomic E-state index is -0.698. The number of carboxylic acid groups (broad SMARTS) is 1. The maximum Gasteiger partial charge on any atom is 0.309 e. The maximum absolute atomic E-state index is 11.0. The van der Waals surface area contributed by atoms with Crippen LogP contribution in [0.25, 0.3) is 0 Å². The predicted octanol–water partition coefficient (Wildman–Crippen LogP) is 2.63. The zero-order valence-electron chi connectivity index (χ0n) is 14.6.